The Morgan fingerprint density at radius 1 is 1.26 bits per heavy atom. The first-order chi connectivity index (χ1) is 11.3. The molecule has 5 heteroatoms. The van der Waals surface area contributed by atoms with Crippen molar-refractivity contribution in [2.75, 3.05) is 25.2 Å². The van der Waals surface area contributed by atoms with Gasteiger partial charge in [0, 0.05) is 24.8 Å². The van der Waals surface area contributed by atoms with Crippen LogP contribution in [0.2, 0.25) is 0 Å². The third kappa shape index (κ3) is 3.80. The molecular formula is C18H19FN2O2. The van der Waals surface area contributed by atoms with Crippen LogP contribution in [0.4, 0.5) is 10.1 Å². The Kier molecular flexibility index (Phi) is 4.76. The van der Waals surface area contributed by atoms with E-state index in [0.717, 1.165) is 5.69 Å². The summed E-state index contributed by atoms with van der Waals surface area (Å²) < 4.78 is 24.0. The molecule has 2 aromatic carbocycles. The van der Waals surface area contributed by atoms with Crippen molar-refractivity contribution < 1.29 is 13.9 Å². The number of aliphatic imine (C=N–C) groups is 1. The minimum atomic E-state index is -0.363. The molecule has 4 nitrogen and oxygen atoms in total. The van der Waals surface area contributed by atoms with Gasteiger partial charge in [0.15, 0.2) is 18.0 Å². The van der Waals surface area contributed by atoms with Crippen molar-refractivity contribution in [3.8, 4) is 5.75 Å². The van der Waals surface area contributed by atoms with E-state index in [0.29, 0.717) is 19.7 Å². The molecule has 1 unspecified atom stereocenters. The summed E-state index contributed by atoms with van der Waals surface area (Å²) >= 11 is 0. The topological polar surface area (TPSA) is 34.1 Å². The van der Waals surface area contributed by atoms with Crippen LogP contribution in [0.15, 0.2) is 53.5 Å². The van der Waals surface area contributed by atoms with Crippen LogP contribution in [0.3, 0.4) is 0 Å². The smallest absolute Gasteiger partial charge is 0.169 e. The molecule has 0 N–H and O–H groups in total. The van der Waals surface area contributed by atoms with Gasteiger partial charge in [0.05, 0.1) is 7.11 Å². The van der Waals surface area contributed by atoms with E-state index in [1.54, 1.807) is 12.1 Å². The van der Waals surface area contributed by atoms with Crippen molar-refractivity contribution in [3.05, 3.63) is 59.9 Å². The van der Waals surface area contributed by atoms with Crippen LogP contribution in [-0.4, -0.2) is 32.7 Å². The molecular weight excluding hydrogens is 295 g/mol. The van der Waals surface area contributed by atoms with Crippen molar-refractivity contribution in [1.82, 2.24) is 0 Å². The van der Waals surface area contributed by atoms with Gasteiger partial charge < -0.3 is 14.4 Å². The summed E-state index contributed by atoms with van der Waals surface area (Å²) in [6.45, 7) is 1.98. The first-order valence-electron chi connectivity index (χ1n) is 7.52. The number of anilines is 1. The highest BCUT2D eigenvalue weighted by Crippen LogP contribution is 2.26. The molecule has 3 rings (SSSR count). The third-order valence-electron chi connectivity index (χ3n) is 3.78. The summed E-state index contributed by atoms with van der Waals surface area (Å²) in [5.41, 5.74) is 2.08. The van der Waals surface area contributed by atoms with E-state index in [1.807, 2.05) is 18.2 Å². The van der Waals surface area contributed by atoms with Gasteiger partial charge in [0.2, 0.25) is 0 Å². The minimum Gasteiger partial charge on any atom is -0.494 e. The van der Waals surface area contributed by atoms with Gasteiger partial charge in [-0.1, -0.05) is 30.3 Å². The maximum Gasteiger partial charge on any atom is 0.169 e. The van der Waals surface area contributed by atoms with Crippen LogP contribution in [-0.2, 0) is 11.3 Å². The molecule has 2 aromatic rings. The molecule has 120 valence electrons. The lowest BCUT2D eigenvalue weighted by Crippen LogP contribution is -2.32. The molecule has 23 heavy (non-hydrogen) atoms. The average molecular weight is 314 g/mol. The lowest BCUT2D eigenvalue weighted by Gasteiger charge is -2.27. The monoisotopic (exact) mass is 314 g/mol. The zero-order valence-electron chi connectivity index (χ0n) is 13.0. The van der Waals surface area contributed by atoms with E-state index < -0.39 is 0 Å². The van der Waals surface area contributed by atoms with Crippen LogP contribution in [0.1, 0.15) is 5.56 Å². The van der Waals surface area contributed by atoms with Gasteiger partial charge in [-0.2, -0.15) is 0 Å². The summed E-state index contributed by atoms with van der Waals surface area (Å²) in [5, 5.41) is 0. The fourth-order valence-corrected chi connectivity index (χ4v) is 2.59. The molecule has 0 radical (unpaired) electrons. The van der Waals surface area contributed by atoms with Gasteiger partial charge in [0.1, 0.15) is 12.6 Å². The van der Waals surface area contributed by atoms with Crippen molar-refractivity contribution in [2.45, 2.75) is 12.6 Å². The third-order valence-corrected chi connectivity index (χ3v) is 3.78. The Bertz CT molecular complexity index is 676. The summed E-state index contributed by atoms with van der Waals surface area (Å²) in [7, 11) is 1.47. The van der Waals surface area contributed by atoms with E-state index >= 15 is 0 Å². The SMILES string of the molecule is COc1cc(N(Cc2ccccc2)CC2COC=N2)ccc1F. The number of halogens is 1. The van der Waals surface area contributed by atoms with Crippen LogP contribution < -0.4 is 9.64 Å². The van der Waals surface area contributed by atoms with Gasteiger partial charge in [0.25, 0.3) is 0 Å². The molecule has 0 saturated heterocycles. The van der Waals surface area contributed by atoms with E-state index in [2.05, 4.69) is 22.0 Å². The molecule has 1 aliphatic rings. The second-order valence-corrected chi connectivity index (χ2v) is 5.43. The Labute approximate surface area is 135 Å². The fraction of sp³-hybridized carbons (Fsp3) is 0.278. The van der Waals surface area contributed by atoms with E-state index in [4.69, 9.17) is 9.47 Å². The van der Waals surface area contributed by atoms with Crippen molar-refractivity contribution in [3.63, 3.8) is 0 Å². The molecule has 1 atom stereocenters. The van der Waals surface area contributed by atoms with Gasteiger partial charge in [-0.05, 0) is 17.7 Å². The summed E-state index contributed by atoms with van der Waals surface area (Å²) in [6.07, 6.45) is 1.50. The minimum absolute atomic E-state index is 0.0785. The zero-order valence-corrected chi connectivity index (χ0v) is 13.0. The first kappa shape index (κ1) is 15.3. The van der Waals surface area contributed by atoms with Crippen molar-refractivity contribution in [2.24, 2.45) is 4.99 Å². The Morgan fingerprint density at radius 3 is 2.78 bits per heavy atom. The number of nitrogens with zero attached hydrogens (tertiary/aromatic N) is 2. The Balaban J connectivity index is 1.85. The number of rotatable bonds is 6. The van der Waals surface area contributed by atoms with E-state index in [1.165, 1.54) is 25.1 Å². The molecule has 1 aliphatic heterocycles. The van der Waals surface area contributed by atoms with Crippen molar-refractivity contribution >= 4 is 12.1 Å². The normalized spacial score (nSPS) is 16.2. The van der Waals surface area contributed by atoms with Gasteiger partial charge >= 0.3 is 0 Å². The predicted octanol–water partition coefficient (Wildman–Crippen LogP) is 3.27. The first-order valence-corrected chi connectivity index (χ1v) is 7.52. The lowest BCUT2D eigenvalue weighted by atomic mass is 10.1. The number of ether oxygens (including phenoxy) is 2. The largest absolute Gasteiger partial charge is 0.494 e. The molecule has 0 spiro atoms. The van der Waals surface area contributed by atoms with E-state index in [9.17, 15) is 4.39 Å². The van der Waals surface area contributed by atoms with E-state index in [-0.39, 0.29) is 17.6 Å². The zero-order chi connectivity index (χ0) is 16.1. The summed E-state index contributed by atoms with van der Waals surface area (Å²) in [5.74, 6) is -0.120. The molecule has 0 aliphatic carbocycles. The fourth-order valence-electron chi connectivity index (χ4n) is 2.59. The van der Waals surface area contributed by atoms with Crippen LogP contribution in [0.25, 0.3) is 0 Å². The summed E-state index contributed by atoms with van der Waals surface area (Å²) in [4.78, 5) is 6.47. The standard InChI is InChI=1S/C18H19FN2O2/c1-22-18-9-16(7-8-17(18)19)21(11-15-12-23-13-20-15)10-14-5-3-2-4-6-14/h2-9,13,15H,10-12H2,1H3. The lowest BCUT2D eigenvalue weighted by molar-refractivity contribution is 0.327. The summed E-state index contributed by atoms with van der Waals surface area (Å²) in [6, 6.07) is 15.1. The number of benzene rings is 2. The Hall–Kier alpha value is -2.56. The quantitative estimate of drug-likeness (QED) is 0.820. The number of methoxy groups -OCH3 is 1. The molecule has 0 bridgehead atoms. The highest BCUT2D eigenvalue weighted by Gasteiger charge is 2.18. The maximum atomic E-state index is 13.7. The maximum absolute atomic E-state index is 13.7. The van der Waals surface area contributed by atoms with Crippen molar-refractivity contribution in [1.29, 1.82) is 0 Å². The molecule has 0 saturated carbocycles. The highest BCUT2D eigenvalue weighted by atomic mass is 19.1. The van der Waals surface area contributed by atoms with Crippen LogP contribution >= 0.6 is 0 Å². The number of hydrogen-bond acceptors (Lipinski definition) is 4. The Morgan fingerprint density at radius 2 is 2.09 bits per heavy atom. The van der Waals surface area contributed by atoms with Gasteiger partial charge in [-0.15, -0.1) is 0 Å². The molecule has 1 heterocycles. The second-order valence-electron chi connectivity index (χ2n) is 5.43. The highest BCUT2D eigenvalue weighted by molar-refractivity contribution is 5.53. The average Bonchev–Trinajstić information content (AvgIpc) is 3.09. The molecule has 0 aromatic heterocycles. The molecule has 0 fully saturated rings. The molecule has 0 amide bonds. The van der Waals surface area contributed by atoms with Gasteiger partial charge in [-0.25, -0.2) is 9.38 Å². The number of hydrogen-bond donors (Lipinski definition) is 0. The van der Waals surface area contributed by atoms with Crippen LogP contribution in [0.5, 0.6) is 5.75 Å². The second kappa shape index (κ2) is 7.13. The van der Waals surface area contributed by atoms with Gasteiger partial charge in [-0.3, -0.25) is 0 Å². The van der Waals surface area contributed by atoms with Crippen LogP contribution in [0, 0.1) is 5.82 Å². The predicted molar refractivity (Wildman–Crippen MR) is 88.7 cm³/mol.